The van der Waals surface area contributed by atoms with Gasteiger partial charge in [-0.2, -0.15) is 10.4 Å². The molecule has 1 saturated heterocycles. The van der Waals surface area contributed by atoms with E-state index in [0.717, 1.165) is 0 Å². The number of nitriles is 1. The summed E-state index contributed by atoms with van der Waals surface area (Å²) in [6, 6.07) is 5.04. The average Bonchev–Trinajstić information content (AvgIpc) is 3.15. The van der Waals surface area contributed by atoms with E-state index in [1.54, 1.807) is 6.07 Å². The number of ether oxygens (including phenoxy) is 2. The molecule has 3 rings (SSSR count). The van der Waals surface area contributed by atoms with Crippen molar-refractivity contribution in [3.8, 4) is 6.07 Å². The number of fused-ring (bicyclic) bond motifs is 1. The lowest BCUT2D eigenvalue weighted by Crippen LogP contribution is -2.41. The Kier molecular flexibility index (Phi) is 5.01. The molecule has 0 bridgehead atoms. The number of aliphatic hydroxyl groups is 2. The van der Waals surface area contributed by atoms with E-state index in [0.29, 0.717) is 5.52 Å². The molecule has 10 nitrogen and oxygen atoms in total. The van der Waals surface area contributed by atoms with Crippen molar-refractivity contribution >= 4 is 17.3 Å². The summed E-state index contributed by atoms with van der Waals surface area (Å²) >= 11 is 0. The van der Waals surface area contributed by atoms with E-state index in [-0.39, 0.29) is 30.0 Å². The summed E-state index contributed by atoms with van der Waals surface area (Å²) in [6.07, 6.45) is -2.71. The van der Waals surface area contributed by atoms with Crippen LogP contribution in [0.25, 0.3) is 5.52 Å². The molecule has 0 spiro atoms. The van der Waals surface area contributed by atoms with E-state index >= 15 is 0 Å². The molecule has 2 aromatic heterocycles. The Morgan fingerprint density at radius 1 is 1.46 bits per heavy atom. The molecule has 10 heteroatoms. The van der Waals surface area contributed by atoms with Gasteiger partial charge in [-0.25, -0.2) is 9.50 Å². The summed E-state index contributed by atoms with van der Waals surface area (Å²) < 4.78 is 12.2. The number of carbonyl (C=O) groups excluding carboxylic acids is 1. The number of nitrogens with zero attached hydrogens (tertiary/aromatic N) is 4. The second-order valence-electron chi connectivity index (χ2n) is 8.02. The van der Waals surface area contributed by atoms with Crippen molar-refractivity contribution in [3.63, 3.8) is 0 Å². The summed E-state index contributed by atoms with van der Waals surface area (Å²) in [6.45, 7) is 5.39. The number of nitrogens with two attached hydrogens (primary N) is 1. The molecular weight excluding hydrogens is 366 g/mol. The molecule has 28 heavy (non-hydrogen) atoms. The Labute approximate surface area is 161 Å². The Bertz CT molecular complexity index is 931. The molecular formula is C18H23N5O5. The largest absolute Gasteiger partial charge is 0.463 e. The number of hydrogen-bond donors (Lipinski definition) is 3. The molecule has 4 N–H and O–H groups in total. The number of carbonyl (C=O) groups is 1. The van der Waals surface area contributed by atoms with E-state index in [2.05, 4.69) is 10.1 Å². The smallest absolute Gasteiger partial charge is 0.306 e. The van der Waals surface area contributed by atoms with Crippen LogP contribution in [-0.4, -0.2) is 55.7 Å². The quantitative estimate of drug-likeness (QED) is 0.618. The first-order chi connectivity index (χ1) is 13.1. The summed E-state index contributed by atoms with van der Waals surface area (Å²) in [5.74, 6) is -0.268. The molecule has 0 aromatic carbocycles. The average molecular weight is 389 g/mol. The van der Waals surface area contributed by atoms with Crippen LogP contribution in [0.5, 0.6) is 0 Å². The van der Waals surface area contributed by atoms with Crippen LogP contribution in [0, 0.1) is 16.7 Å². The van der Waals surface area contributed by atoms with Gasteiger partial charge in [-0.1, -0.05) is 20.8 Å². The number of hydrogen-bond acceptors (Lipinski definition) is 9. The second kappa shape index (κ2) is 7.01. The molecule has 0 aliphatic carbocycles. The monoisotopic (exact) mass is 389 g/mol. The topological polar surface area (TPSA) is 156 Å². The van der Waals surface area contributed by atoms with Gasteiger partial charge in [0, 0.05) is 0 Å². The van der Waals surface area contributed by atoms with Crippen LogP contribution in [0.4, 0.5) is 5.82 Å². The third-order valence-electron chi connectivity index (χ3n) is 4.57. The summed E-state index contributed by atoms with van der Waals surface area (Å²) in [4.78, 5) is 15.8. The van der Waals surface area contributed by atoms with Crippen LogP contribution in [0.2, 0.25) is 0 Å². The maximum Gasteiger partial charge on any atom is 0.306 e. The van der Waals surface area contributed by atoms with Gasteiger partial charge in [0.25, 0.3) is 0 Å². The summed E-state index contributed by atoms with van der Waals surface area (Å²) in [7, 11) is 0. The van der Waals surface area contributed by atoms with Crippen molar-refractivity contribution in [2.45, 2.75) is 51.1 Å². The fraction of sp³-hybridized carbons (Fsp3) is 0.556. The SMILES string of the molecule is CC(C)(C)CC(=O)OC[C@H]1O[C@@](C#N)(c2ccc3c(N)ncnn23)[C@H](O)[C@@H]1O. The number of nitrogen functional groups attached to an aromatic ring is 1. The Morgan fingerprint density at radius 2 is 2.18 bits per heavy atom. The fourth-order valence-electron chi connectivity index (χ4n) is 3.21. The highest BCUT2D eigenvalue weighted by Gasteiger charge is 2.57. The normalized spacial score (nSPS) is 27.6. The number of esters is 1. The number of aliphatic hydroxyl groups excluding tert-OH is 2. The van der Waals surface area contributed by atoms with Gasteiger partial charge in [-0.15, -0.1) is 0 Å². The summed E-state index contributed by atoms with van der Waals surface area (Å²) in [5, 5.41) is 34.9. The minimum Gasteiger partial charge on any atom is -0.463 e. The lowest BCUT2D eigenvalue weighted by Gasteiger charge is -2.24. The Morgan fingerprint density at radius 3 is 2.82 bits per heavy atom. The predicted octanol–water partition coefficient (Wildman–Crippen LogP) is 0.130. The van der Waals surface area contributed by atoms with E-state index in [1.807, 2.05) is 26.8 Å². The molecule has 0 unspecified atom stereocenters. The van der Waals surface area contributed by atoms with Crippen molar-refractivity contribution in [2.75, 3.05) is 12.3 Å². The zero-order valence-corrected chi connectivity index (χ0v) is 15.9. The highest BCUT2D eigenvalue weighted by molar-refractivity contribution is 5.70. The van der Waals surface area contributed by atoms with Crippen LogP contribution in [-0.2, 0) is 19.9 Å². The molecule has 150 valence electrons. The molecule has 4 atom stereocenters. The number of anilines is 1. The van der Waals surface area contributed by atoms with E-state index < -0.39 is 29.9 Å². The van der Waals surface area contributed by atoms with Gasteiger partial charge >= 0.3 is 5.97 Å². The molecule has 0 saturated carbocycles. The maximum atomic E-state index is 12.0. The van der Waals surface area contributed by atoms with Crippen LogP contribution in [0.3, 0.4) is 0 Å². The minimum absolute atomic E-state index is 0.182. The van der Waals surface area contributed by atoms with Gasteiger partial charge in [0.15, 0.2) is 5.82 Å². The zero-order chi connectivity index (χ0) is 20.7. The number of rotatable bonds is 4. The van der Waals surface area contributed by atoms with Gasteiger partial charge in [0.2, 0.25) is 5.60 Å². The molecule has 0 amide bonds. The van der Waals surface area contributed by atoms with Crippen molar-refractivity contribution in [1.29, 1.82) is 5.26 Å². The maximum absolute atomic E-state index is 12.0. The fourth-order valence-corrected chi connectivity index (χ4v) is 3.21. The second-order valence-corrected chi connectivity index (χ2v) is 8.02. The first kappa shape index (κ1) is 20.0. The Balaban J connectivity index is 1.86. The third kappa shape index (κ3) is 3.40. The van der Waals surface area contributed by atoms with Crippen molar-refractivity contribution in [1.82, 2.24) is 14.6 Å². The standard InChI is InChI=1S/C18H23N5O5/c1-17(2,3)6-13(24)27-7-11-14(25)15(26)18(8-19,28-11)12-5-4-10-16(20)21-9-22-23(10)12/h4-5,9,11,14-15,25-26H,6-7H2,1-3H3,(H2,20,21,22)/t11-,14-,15-,18+/m1/s1. The highest BCUT2D eigenvalue weighted by atomic mass is 16.6. The van der Waals surface area contributed by atoms with Gasteiger partial charge in [-0.05, 0) is 17.5 Å². The van der Waals surface area contributed by atoms with Crippen LogP contribution in [0.1, 0.15) is 32.9 Å². The first-order valence-corrected chi connectivity index (χ1v) is 8.78. The molecule has 1 aliphatic rings. The van der Waals surface area contributed by atoms with Crippen molar-refractivity contribution < 1.29 is 24.5 Å². The minimum atomic E-state index is -1.91. The zero-order valence-electron chi connectivity index (χ0n) is 15.9. The summed E-state index contributed by atoms with van der Waals surface area (Å²) in [5.41, 5.74) is 4.26. The van der Waals surface area contributed by atoms with Crippen molar-refractivity contribution in [2.24, 2.45) is 5.41 Å². The highest BCUT2D eigenvalue weighted by Crippen LogP contribution is 2.40. The van der Waals surface area contributed by atoms with E-state index in [4.69, 9.17) is 15.2 Å². The molecule has 1 fully saturated rings. The van der Waals surface area contributed by atoms with Crippen molar-refractivity contribution in [3.05, 3.63) is 24.2 Å². The van der Waals surface area contributed by atoms with Crippen LogP contribution < -0.4 is 5.73 Å². The Hall–Kier alpha value is -2.74. The van der Waals surface area contributed by atoms with Gasteiger partial charge < -0.3 is 25.4 Å². The third-order valence-corrected chi connectivity index (χ3v) is 4.57. The number of aromatic nitrogens is 3. The van der Waals surface area contributed by atoms with Gasteiger partial charge in [0.05, 0.1) is 12.1 Å². The molecule has 2 aromatic rings. The molecule has 3 heterocycles. The van der Waals surface area contributed by atoms with Gasteiger partial charge in [-0.3, -0.25) is 4.79 Å². The lowest BCUT2D eigenvalue weighted by atomic mass is 9.92. The van der Waals surface area contributed by atoms with E-state index in [1.165, 1.54) is 16.9 Å². The first-order valence-electron chi connectivity index (χ1n) is 8.78. The predicted molar refractivity (Wildman–Crippen MR) is 96.6 cm³/mol. The van der Waals surface area contributed by atoms with Crippen LogP contribution >= 0.6 is 0 Å². The molecule has 0 radical (unpaired) electrons. The molecule has 1 aliphatic heterocycles. The van der Waals surface area contributed by atoms with E-state index in [9.17, 15) is 20.3 Å². The van der Waals surface area contributed by atoms with Gasteiger partial charge in [0.1, 0.15) is 42.8 Å². The van der Waals surface area contributed by atoms with Crippen LogP contribution in [0.15, 0.2) is 18.5 Å². The lowest BCUT2D eigenvalue weighted by molar-refractivity contribution is -0.152.